The Bertz CT molecular complexity index is 1250. The molecule has 3 aromatic carbocycles. The van der Waals surface area contributed by atoms with Crippen LogP contribution in [0.5, 0.6) is 11.5 Å². The second-order valence-electron chi connectivity index (χ2n) is 8.17. The molecular weight excluding hydrogens is 460 g/mol. The number of nitrogens with zero attached hydrogens (tertiary/aromatic N) is 1. The van der Waals surface area contributed by atoms with Gasteiger partial charge in [0.1, 0.15) is 6.54 Å². The lowest BCUT2D eigenvalue weighted by Crippen LogP contribution is -2.43. The zero-order valence-corrected chi connectivity index (χ0v) is 20.9. The van der Waals surface area contributed by atoms with Gasteiger partial charge in [-0.25, -0.2) is 0 Å². The molecule has 2 amide bonds. The minimum absolute atomic E-state index is 0.0480. The van der Waals surface area contributed by atoms with Gasteiger partial charge in [0.2, 0.25) is 5.91 Å². The van der Waals surface area contributed by atoms with Crippen LogP contribution in [-0.2, 0) is 16.0 Å². The van der Waals surface area contributed by atoms with Crippen molar-refractivity contribution in [1.29, 1.82) is 0 Å². The highest BCUT2D eigenvalue weighted by Gasteiger charge is 2.30. The fraction of sp³-hybridized carbons (Fsp3) is 0.214. The summed E-state index contributed by atoms with van der Waals surface area (Å²) in [4.78, 5) is 29.2. The number of carbonyl (C=O) groups is 2. The Morgan fingerprint density at radius 1 is 1.00 bits per heavy atom. The predicted octanol–water partition coefficient (Wildman–Crippen LogP) is 4.85. The van der Waals surface area contributed by atoms with E-state index in [1.807, 2.05) is 79.7 Å². The molecule has 0 radical (unpaired) electrons. The van der Waals surface area contributed by atoms with E-state index < -0.39 is 0 Å². The zero-order chi connectivity index (χ0) is 24.8. The first-order valence-corrected chi connectivity index (χ1v) is 12.1. The van der Waals surface area contributed by atoms with Gasteiger partial charge in [-0.2, -0.15) is 0 Å². The first kappa shape index (κ1) is 24.4. The maximum Gasteiger partial charge on any atom is 0.265 e. The van der Waals surface area contributed by atoms with Gasteiger partial charge in [-0.15, -0.1) is 0 Å². The molecule has 0 bridgehead atoms. The monoisotopic (exact) mass is 488 g/mol. The van der Waals surface area contributed by atoms with E-state index in [1.54, 1.807) is 19.1 Å². The van der Waals surface area contributed by atoms with E-state index >= 15 is 0 Å². The molecule has 0 aliphatic carbocycles. The Morgan fingerprint density at radius 2 is 1.74 bits per heavy atom. The van der Waals surface area contributed by atoms with Gasteiger partial charge in [-0.1, -0.05) is 59.8 Å². The van der Waals surface area contributed by atoms with Crippen molar-refractivity contribution in [2.75, 3.05) is 32.2 Å². The van der Waals surface area contributed by atoms with Gasteiger partial charge in [0.05, 0.1) is 24.8 Å². The molecule has 1 N–H and O–H groups in total. The number of rotatable bonds is 8. The van der Waals surface area contributed by atoms with Crippen molar-refractivity contribution in [3.05, 3.63) is 88.3 Å². The van der Waals surface area contributed by atoms with Crippen LogP contribution in [0.25, 0.3) is 6.08 Å². The average Bonchev–Trinajstić information content (AvgIpc) is 2.87. The SMILES string of the molecule is COc1ccc(CCNC(=O)CN2C(=O)/C(=C\c3ccc(C)cc3)Sc3ccccc32)cc1OC. The lowest BCUT2D eigenvalue weighted by Gasteiger charge is -2.29. The number of thioether (sulfide) groups is 1. The number of carbonyl (C=O) groups excluding carboxylic acids is 2. The summed E-state index contributed by atoms with van der Waals surface area (Å²) in [5.74, 6) is 0.923. The molecule has 3 aromatic rings. The first-order chi connectivity index (χ1) is 17.0. The fourth-order valence-corrected chi connectivity index (χ4v) is 4.87. The molecule has 6 nitrogen and oxygen atoms in total. The molecule has 0 unspecified atom stereocenters. The quantitative estimate of drug-likeness (QED) is 0.459. The van der Waals surface area contributed by atoms with Crippen molar-refractivity contribution in [2.24, 2.45) is 0 Å². The van der Waals surface area contributed by atoms with Gasteiger partial charge < -0.3 is 14.8 Å². The van der Waals surface area contributed by atoms with Crippen molar-refractivity contribution in [3.8, 4) is 11.5 Å². The van der Waals surface area contributed by atoms with E-state index in [0.717, 1.165) is 27.3 Å². The van der Waals surface area contributed by atoms with Crippen LogP contribution >= 0.6 is 11.8 Å². The number of nitrogens with one attached hydrogen (secondary N) is 1. The van der Waals surface area contributed by atoms with Crippen LogP contribution in [0.15, 0.2) is 76.5 Å². The minimum atomic E-state index is -0.213. The summed E-state index contributed by atoms with van der Waals surface area (Å²) in [5.41, 5.74) is 3.87. The number of aryl methyl sites for hydroxylation is 1. The first-order valence-electron chi connectivity index (χ1n) is 11.3. The molecule has 0 atom stereocenters. The maximum atomic E-state index is 13.4. The normalized spacial score (nSPS) is 14.0. The van der Waals surface area contributed by atoms with E-state index in [1.165, 1.54) is 11.8 Å². The average molecular weight is 489 g/mol. The summed E-state index contributed by atoms with van der Waals surface area (Å²) in [6.07, 6.45) is 2.51. The number of anilines is 1. The molecule has 35 heavy (non-hydrogen) atoms. The van der Waals surface area contributed by atoms with Crippen LogP contribution in [0.4, 0.5) is 5.69 Å². The molecule has 0 aromatic heterocycles. The lowest BCUT2D eigenvalue weighted by molar-refractivity contribution is -0.122. The number of fused-ring (bicyclic) bond motifs is 1. The van der Waals surface area contributed by atoms with Crippen molar-refractivity contribution in [3.63, 3.8) is 0 Å². The van der Waals surface area contributed by atoms with Crippen LogP contribution in [-0.4, -0.2) is 39.1 Å². The largest absolute Gasteiger partial charge is 0.493 e. The summed E-state index contributed by atoms with van der Waals surface area (Å²) in [6, 6.07) is 21.4. The molecule has 1 aliphatic heterocycles. The predicted molar refractivity (Wildman–Crippen MR) is 140 cm³/mol. The van der Waals surface area contributed by atoms with E-state index in [4.69, 9.17) is 9.47 Å². The van der Waals surface area contributed by atoms with Gasteiger partial charge in [-0.05, 0) is 54.8 Å². The summed E-state index contributed by atoms with van der Waals surface area (Å²) in [6.45, 7) is 2.42. The number of amides is 2. The van der Waals surface area contributed by atoms with Gasteiger partial charge in [0, 0.05) is 11.4 Å². The van der Waals surface area contributed by atoms with Crippen molar-refractivity contribution < 1.29 is 19.1 Å². The molecule has 0 spiro atoms. The Hall–Kier alpha value is -3.71. The summed E-state index contributed by atoms with van der Waals surface area (Å²) < 4.78 is 10.6. The summed E-state index contributed by atoms with van der Waals surface area (Å²) in [7, 11) is 3.19. The van der Waals surface area contributed by atoms with Crippen LogP contribution < -0.4 is 19.7 Å². The molecule has 4 rings (SSSR count). The van der Waals surface area contributed by atoms with Crippen LogP contribution in [0, 0.1) is 6.92 Å². The molecule has 1 heterocycles. The van der Waals surface area contributed by atoms with Crippen LogP contribution in [0.3, 0.4) is 0 Å². The molecule has 0 saturated heterocycles. The molecule has 0 saturated carbocycles. The standard InChI is InChI=1S/C28H28N2O4S/c1-19-8-10-20(11-9-19)17-26-28(32)30(22-6-4-5-7-25(22)35-26)18-27(31)29-15-14-21-12-13-23(33-2)24(16-21)34-3/h4-13,16-17H,14-15,18H2,1-3H3,(H,29,31)/b26-17+. The van der Waals surface area contributed by atoms with Crippen LogP contribution in [0.2, 0.25) is 0 Å². The second kappa shape index (κ2) is 11.1. The third kappa shape index (κ3) is 5.87. The molecular formula is C28H28N2O4S. The fourth-order valence-electron chi connectivity index (χ4n) is 3.82. The number of hydrogen-bond acceptors (Lipinski definition) is 5. The van der Waals surface area contributed by atoms with Gasteiger partial charge in [0.15, 0.2) is 11.5 Å². The zero-order valence-electron chi connectivity index (χ0n) is 20.0. The highest BCUT2D eigenvalue weighted by molar-refractivity contribution is 8.04. The van der Waals surface area contributed by atoms with Gasteiger partial charge in [0.25, 0.3) is 5.91 Å². The van der Waals surface area contributed by atoms with Gasteiger partial charge in [-0.3, -0.25) is 14.5 Å². The van der Waals surface area contributed by atoms with E-state index in [0.29, 0.717) is 29.4 Å². The molecule has 7 heteroatoms. The number of hydrogen-bond donors (Lipinski definition) is 1. The summed E-state index contributed by atoms with van der Waals surface area (Å²) >= 11 is 1.43. The maximum absolute atomic E-state index is 13.4. The van der Waals surface area contributed by atoms with Crippen molar-refractivity contribution in [1.82, 2.24) is 5.32 Å². The van der Waals surface area contributed by atoms with Gasteiger partial charge >= 0.3 is 0 Å². The number of para-hydroxylation sites is 1. The second-order valence-corrected chi connectivity index (χ2v) is 9.25. The Kier molecular flexibility index (Phi) is 7.77. The molecule has 180 valence electrons. The topological polar surface area (TPSA) is 67.9 Å². The molecule has 0 fully saturated rings. The lowest BCUT2D eigenvalue weighted by atomic mass is 10.1. The smallest absolute Gasteiger partial charge is 0.265 e. The highest BCUT2D eigenvalue weighted by Crippen LogP contribution is 2.41. The highest BCUT2D eigenvalue weighted by atomic mass is 32.2. The van der Waals surface area contributed by atoms with Crippen molar-refractivity contribution >= 4 is 35.3 Å². The van der Waals surface area contributed by atoms with Crippen molar-refractivity contribution in [2.45, 2.75) is 18.2 Å². The van der Waals surface area contributed by atoms with E-state index in [2.05, 4.69) is 5.32 Å². The third-order valence-electron chi connectivity index (χ3n) is 5.69. The Morgan fingerprint density at radius 3 is 2.49 bits per heavy atom. The number of methoxy groups -OCH3 is 2. The Balaban J connectivity index is 1.44. The third-order valence-corrected chi connectivity index (χ3v) is 6.77. The number of benzene rings is 3. The van der Waals surface area contributed by atoms with E-state index in [-0.39, 0.29) is 18.4 Å². The minimum Gasteiger partial charge on any atom is -0.493 e. The van der Waals surface area contributed by atoms with E-state index in [9.17, 15) is 9.59 Å². The summed E-state index contributed by atoms with van der Waals surface area (Å²) in [5, 5.41) is 2.94. The molecule has 1 aliphatic rings. The van der Waals surface area contributed by atoms with Crippen LogP contribution in [0.1, 0.15) is 16.7 Å². The Labute approximate surface area is 209 Å². The number of ether oxygens (including phenoxy) is 2.